The molecule has 6 nitrogen and oxygen atoms in total. The topological polar surface area (TPSA) is 69.7 Å². The maximum absolute atomic E-state index is 12.7. The highest BCUT2D eigenvalue weighted by Crippen LogP contribution is 2.35. The predicted octanol–water partition coefficient (Wildman–Crippen LogP) is 2.29. The molecule has 1 saturated carbocycles. The Morgan fingerprint density at radius 3 is 2.28 bits per heavy atom. The van der Waals surface area contributed by atoms with Gasteiger partial charge >= 0.3 is 6.03 Å². The Bertz CT molecular complexity index is 701. The normalized spacial score (nSPS) is 22.1. The van der Waals surface area contributed by atoms with E-state index in [9.17, 15) is 14.4 Å². The van der Waals surface area contributed by atoms with E-state index in [2.05, 4.69) is 5.32 Å². The Balaban J connectivity index is 1.45. The van der Waals surface area contributed by atoms with Crippen LogP contribution >= 0.6 is 0 Å². The highest BCUT2D eigenvalue weighted by Gasteiger charge is 2.52. The van der Waals surface area contributed by atoms with Crippen LogP contribution in [0.15, 0.2) is 24.3 Å². The van der Waals surface area contributed by atoms with Gasteiger partial charge in [-0.3, -0.25) is 14.5 Å². The van der Waals surface area contributed by atoms with Crippen LogP contribution in [-0.2, 0) is 11.3 Å². The molecule has 1 spiro atoms. The average molecular weight is 341 g/mol. The Kier molecular flexibility index (Phi) is 3.98. The van der Waals surface area contributed by atoms with Gasteiger partial charge in [0, 0.05) is 18.7 Å². The third-order valence-corrected chi connectivity index (χ3v) is 5.64. The second kappa shape index (κ2) is 6.17. The van der Waals surface area contributed by atoms with Gasteiger partial charge in [-0.1, -0.05) is 25.0 Å². The molecule has 3 aliphatic rings. The van der Waals surface area contributed by atoms with Crippen molar-refractivity contribution in [3.63, 3.8) is 0 Å². The molecule has 2 heterocycles. The third-order valence-electron chi connectivity index (χ3n) is 5.64. The molecule has 4 rings (SSSR count). The minimum absolute atomic E-state index is 0.0592. The molecule has 1 aromatic rings. The lowest BCUT2D eigenvalue weighted by Crippen LogP contribution is -2.44. The van der Waals surface area contributed by atoms with Crippen LogP contribution in [0, 0.1) is 0 Å². The summed E-state index contributed by atoms with van der Waals surface area (Å²) in [7, 11) is 0. The monoisotopic (exact) mass is 341 g/mol. The lowest BCUT2D eigenvalue weighted by molar-refractivity contribution is -0.131. The molecule has 1 aromatic carbocycles. The first-order valence-corrected chi connectivity index (χ1v) is 9.11. The molecule has 0 radical (unpaired) electrons. The minimum atomic E-state index is -0.664. The van der Waals surface area contributed by atoms with E-state index in [-0.39, 0.29) is 24.4 Å². The first-order valence-electron chi connectivity index (χ1n) is 9.11. The zero-order valence-electron chi connectivity index (χ0n) is 14.3. The maximum Gasteiger partial charge on any atom is 0.325 e. The Labute approximate surface area is 147 Å². The van der Waals surface area contributed by atoms with Crippen molar-refractivity contribution in [2.75, 3.05) is 13.1 Å². The number of carbonyl (C=O) groups is 3. The number of rotatable bonds is 3. The van der Waals surface area contributed by atoms with Gasteiger partial charge in [0.15, 0.2) is 0 Å². The molecule has 0 atom stereocenters. The number of nitrogens with zero attached hydrogens (tertiary/aromatic N) is 2. The molecule has 0 aromatic heterocycles. The number of urea groups is 1. The number of likely N-dealkylation sites (tertiary alicyclic amines) is 1. The fourth-order valence-corrected chi connectivity index (χ4v) is 4.18. The van der Waals surface area contributed by atoms with E-state index < -0.39 is 5.54 Å². The summed E-state index contributed by atoms with van der Waals surface area (Å²) < 4.78 is 0. The van der Waals surface area contributed by atoms with Crippen LogP contribution in [0.1, 0.15) is 54.4 Å². The number of imide groups is 1. The number of hydrogen-bond donors (Lipinski definition) is 1. The molecule has 1 N–H and O–H groups in total. The van der Waals surface area contributed by atoms with Crippen molar-refractivity contribution in [3.05, 3.63) is 35.4 Å². The van der Waals surface area contributed by atoms with Crippen molar-refractivity contribution in [2.45, 2.75) is 50.6 Å². The zero-order valence-corrected chi connectivity index (χ0v) is 14.3. The summed E-state index contributed by atoms with van der Waals surface area (Å²) in [5.41, 5.74) is 0.856. The van der Waals surface area contributed by atoms with Gasteiger partial charge in [-0.25, -0.2) is 4.79 Å². The molecule has 25 heavy (non-hydrogen) atoms. The summed E-state index contributed by atoms with van der Waals surface area (Å²) in [4.78, 5) is 40.5. The van der Waals surface area contributed by atoms with Crippen LogP contribution in [0.4, 0.5) is 4.79 Å². The molecule has 1 aliphatic carbocycles. The molecule has 132 valence electrons. The fourth-order valence-electron chi connectivity index (χ4n) is 4.18. The van der Waals surface area contributed by atoms with Gasteiger partial charge in [0.25, 0.3) is 11.8 Å². The quantitative estimate of drug-likeness (QED) is 0.858. The summed E-state index contributed by atoms with van der Waals surface area (Å²) in [6.45, 7) is 1.90. The Hall–Kier alpha value is -2.37. The number of benzene rings is 1. The van der Waals surface area contributed by atoms with Crippen LogP contribution in [0.25, 0.3) is 0 Å². The van der Waals surface area contributed by atoms with Crippen LogP contribution in [0.2, 0.25) is 0 Å². The Morgan fingerprint density at radius 2 is 1.64 bits per heavy atom. The lowest BCUT2D eigenvalue weighted by atomic mass is 9.98. The first kappa shape index (κ1) is 16.1. The minimum Gasteiger partial charge on any atom is -0.339 e. The number of carbonyl (C=O) groups excluding carboxylic acids is 3. The molecule has 6 heteroatoms. The third kappa shape index (κ3) is 2.79. The van der Waals surface area contributed by atoms with E-state index in [1.54, 1.807) is 12.1 Å². The second-order valence-electron chi connectivity index (χ2n) is 7.31. The van der Waals surface area contributed by atoms with Crippen molar-refractivity contribution >= 4 is 17.8 Å². The van der Waals surface area contributed by atoms with Crippen molar-refractivity contribution in [1.82, 2.24) is 15.1 Å². The summed E-state index contributed by atoms with van der Waals surface area (Å²) in [5, 5.41) is 2.89. The first-order chi connectivity index (χ1) is 12.1. The highest BCUT2D eigenvalue weighted by molar-refractivity contribution is 6.07. The Morgan fingerprint density at radius 1 is 1.00 bits per heavy atom. The van der Waals surface area contributed by atoms with Crippen LogP contribution in [0.5, 0.6) is 0 Å². The van der Waals surface area contributed by atoms with Crippen molar-refractivity contribution in [1.29, 1.82) is 0 Å². The molecular weight excluding hydrogens is 318 g/mol. The van der Waals surface area contributed by atoms with E-state index in [4.69, 9.17) is 0 Å². The summed E-state index contributed by atoms with van der Waals surface area (Å²) >= 11 is 0. The van der Waals surface area contributed by atoms with Gasteiger partial charge in [0.1, 0.15) is 5.54 Å². The standard InChI is InChI=1S/C19H23N3O3/c23-16(21-11-3-4-12-21)15-7-5-14(6-8-15)13-22-17(24)19(20-18(22)25)9-1-2-10-19/h5-8H,1-4,9-13H2,(H,20,25). The molecule has 2 saturated heterocycles. The van der Waals surface area contributed by atoms with E-state index in [1.165, 1.54) is 4.90 Å². The van der Waals surface area contributed by atoms with Crippen molar-refractivity contribution < 1.29 is 14.4 Å². The van der Waals surface area contributed by atoms with Crippen LogP contribution < -0.4 is 5.32 Å². The van der Waals surface area contributed by atoms with Gasteiger partial charge in [-0.15, -0.1) is 0 Å². The van der Waals surface area contributed by atoms with Crippen molar-refractivity contribution in [3.8, 4) is 0 Å². The smallest absolute Gasteiger partial charge is 0.325 e. The van der Waals surface area contributed by atoms with E-state index in [0.29, 0.717) is 5.56 Å². The fraction of sp³-hybridized carbons (Fsp3) is 0.526. The molecule has 0 bridgehead atoms. The summed E-state index contributed by atoms with van der Waals surface area (Å²) in [5.74, 6) is -0.0452. The van der Waals surface area contributed by atoms with E-state index in [1.807, 2.05) is 17.0 Å². The number of hydrogen-bond acceptors (Lipinski definition) is 3. The van der Waals surface area contributed by atoms with Gasteiger partial charge in [-0.05, 0) is 43.4 Å². The molecule has 2 aliphatic heterocycles. The largest absolute Gasteiger partial charge is 0.339 e. The number of amides is 4. The molecule has 0 unspecified atom stereocenters. The van der Waals surface area contributed by atoms with Gasteiger partial charge < -0.3 is 10.2 Å². The summed E-state index contributed by atoms with van der Waals surface area (Å²) in [6, 6.07) is 6.95. The van der Waals surface area contributed by atoms with Gasteiger partial charge in [0.2, 0.25) is 0 Å². The summed E-state index contributed by atoms with van der Waals surface area (Å²) in [6.07, 6.45) is 5.56. The average Bonchev–Trinajstić information content (AvgIpc) is 3.35. The second-order valence-corrected chi connectivity index (χ2v) is 7.31. The highest BCUT2D eigenvalue weighted by atomic mass is 16.2. The molecule has 4 amide bonds. The molecular formula is C19H23N3O3. The van der Waals surface area contributed by atoms with E-state index >= 15 is 0 Å². The van der Waals surface area contributed by atoms with Gasteiger partial charge in [-0.2, -0.15) is 0 Å². The maximum atomic E-state index is 12.7. The number of nitrogens with one attached hydrogen (secondary N) is 1. The van der Waals surface area contributed by atoms with Gasteiger partial charge in [0.05, 0.1) is 6.54 Å². The van der Waals surface area contributed by atoms with Crippen LogP contribution in [-0.4, -0.2) is 46.3 Å². The predicted molar refractivity (Wildman–Crippen MR) is 91.9 cm³/mol. The van der Waals surface area contributed by atoms with E-state index in [0.717, 1.165) is 57.2 Å². The zero-order chi connectivity index (χ0) is 17.4. The molecule has 3 fully saturated rings. The van der Waals surface area contributed by atoms with Crippen LogP contribution in [0.3, 0.4) is 0 Å². The van der Waals surface area contributed by atoms with Crippen molar-refractivity contribution in [2.24, 2.45) is 0 Å². The lowest BCUT2D eigenvalue weighted by Gasteiger charge is -2.20. The SMILES string of the molecule is O=C(c1ccc(CN2C(=O)NC3(CCCC3)C2=O)cc1)N1CCCC1.